The third-order valence-electron chi connectivity index (χ3n) is 5.44. The number of imidazole rings is 1. The van der Waals surface area contributed by atoms with Crippen molar-refractivity contribution in [1.82, 2.24) is 28.5 Å². The van der Waals surface area contributed by atoms with E-state index in [-0.39, 0.29) is 12.3 Å². The molecule has 3 heterocycles. The van der Waals surface area contributed by atoms with Gasteiger partial charge in [-0.2, -0.15) is 5.10 Å². The average molecular weight is 435 g/mol. The van der Waals surface area contributed by atoms with Crippen molar-refractivity contribution in [2.24, 2.45) is 14.1 Å². The van der Waals surface area contributed by atoms with Crippen molar-refractivity contribution in [3.63, 3.8) is 0 Å². The number of para-hydroxylation sites is 2. The van der Waals surface area contributed by atoms with Crippen molar-refractivity contribution < 1.29 is 4.79 Å². The lowest BCUT2D eigenvalue weighted by Crippen LogP contribution is -2.37. The zero-order valence-electron chi connectivity index (χ0n) is 18.5. The summed E-state index contributed by atoms with van der Waals surface area (Å²) in [7, 11) is 3.02. The van der Waals surface area contributed by atoms with E-state index in [2.05, 4.69) is 15.4 Å². The Hall–Kier alpha value is -3.95. The van der Waals surface area contributed by atoms with E-state index in [0.717, 1.165) is 21.6 Å². The Balaban J connectivity index is 1.47. The molecule has 1 amide bonds. The Morgan fingerprint density at radius 2 is 1.84 bits per heavy atom. The summed E-state index contributed by atoms with van der Waals surface area (Å²) in [5.74, 6) is -0.135. The zero-order valence-corrected chi connectivity index (χ0v) is 18.5. The molecule has 0 aliphatic heterocycles. The predicted molar refractivity (Wildman–Crippen MR) is 121 cm³/mol. The SMILES string of the molecule is Cc1cc(C)n(-c2ccccc2NC(=O)CCCn2cnc3c2c(=O)n(C)c(=O)n3C)n1. The summed E-state index contributed by atoms with van der Waals surface area (Å²) < 4.78 is 5.90. The molecule has 4 aromatic rings. The highest BCUT2D eigenvalue weighted by Crippen LogP contribution is 2.22. The first kappa shape index (κ1) is 21.3. The van der Waals surface area contributed by atoms with Gasteiger partial charge in [0.1, 0.15) is 0 Å². The maximum absolute atomic E-state index is 12.6. The molecule has 32 heavy (non-hydrogen) atoms. The van der Waals surface area contributed by atoms with Gasteiger partial charge in [0.25, 0.3) is 5.56 Å². The first-order chi connectivity index (χ1) is 15.3. The first-order valence-corrected chi connectivity index (χ1v) is 10.3. The molecule has 3 aromatic heterocycles. The van der Waals surface area contributed by atoms with E-state index < -0.39 is 11.2 Å². The van der Waals surface area contributed by atoms with Gasteiger partial charge in [-0.1, -0.05) is 12.1 Å². The fourth-order valence-electron chi connectivity index (χ4n) is 3.83. The van der Waals surface area contributed by atoms with Crippen LogP contribution in [0.25, 0.3) is 16.9 Å². The molecule has 0 saturated heterocycles. The minimum absolute atomic E-state index is 0.135. The normalized spacial score (nSPS) is 11.2. The number of carbonyl (C=O) groups is 1. The van der Waals surface area contributed by atoms with Crippen molar-refractivity contribution in [1.29, 1.82) is 0 Å². The number of amides is 1. The fraction of sp³-hybridized carbons (Fsp3) is 0.318. The standard InChI is InChI=1S/C22H25N7O3/c1-14-12-15(2)29(25-14)17-9-6-5-8-16(17)24-18(30)10-7-11-28-13-23-20-19(28)21(31)27(4)22(32)26(20)3/h5-6,8-9,12-13H,7,10-11H2,1-4H3,(H,24,30). The van der Waals surface area contributed by atoms with Gasteiger partial charge in [-0.15, -0.1) is 0 Å². The third-order valence-corrected chi connectivity index (χ3v) is 5.44. The van der Waals surface area contributed by atoms with E-state index in [1.165, 1.54) is 17.9 Å². The molecule has 0 spiro atoms. The molecule has 10 heteroatoms. The summed E-state index contributed by atoms with van der Waals surface area (Å²) in [6, 6.07) is 9.50. The quantitative estimate of drug-likeness (QED) is 0.495. The van der Waals surface area contributed by atoms with Crippen LogP contribution in [0, 0.1) is 13.8 Å². The number of nitrogens with one attached hydrogen (secondary N) is 1. The topological polar surface area (TPSA) is 109 Å². The van der Waals surface area contributed by atoms with Crippen molar-refractivity contribution in [3.05, 3.63) is 68.9 Å². The number of hydrogen-bond acceptors (Lipinski definition) is 5. The highest BCUT2D eigenvalue weighted by atomic mass is 16.2. The molecule has 10 nitrogen and oxygen atoms in total. The lowest BCUT2D eigenvalue weighted by atomic mass is 10.2. The molecule has 0 radical (unpaired) electrons. The van der Waals surface area contributed by atoms with Crippen LogP contribution in [0.5, 0.6) is 0 Å². The Kier molecular flexibility index (Phi) is 5.52. The smallest absolute Gasteiger partial charge is 0.325 e. The van der Waals surface area contributed by atoms with Gasteiger partial charge in [-0.05, 0) is 38.5 Å². The van der Waals surface area contributed by atoms with Crippen molar-refractivity contribution >= 4 is 22.8 Å². The van der Waals surface area contributed by atoms with Crippen LogP contribution in [0.1, 0.15) is 24.2 Å². The number of anilines is 1. The average Bonchev–Trinajstić information content (AvgIpc) is 3.33. The summed E-state index contributed by atoms with van der Waals surface area (Å²) in [5, 5.41) is 7.47. The van der Waals surface area contributed by atoms with Crippen molar-refractivity contribution in [3.8, 4) is 5.69 Å². The second kappa shape index (κ2) is 8.29. The van der Waals surface area contributed by atoms with Gasteiger partial charge in [0.15, 0.2) is 11.2 Å². The van der Waals surface area contributed by atoms with Gasteiger partial charge in [0.05, 0.1) is 23.4 Å². The predicted octanol–water partition coefficient (Wildman–Crippen LogP) is 1.66. The third kappa shape index (κ3) is 3.75. The van der Waals surface area contributed by atoms with Crippen LogP contribution >= 0.6 is 0 Å². The second-order valence-electron chi connectivity index (χ2n) is 7.82. The van der Waals surface area contributed by atoms with Gasteiger partial charge in [0, 0.05) is 32.8 Å². The minimum atomic E-state index is -0.423. The molecule has 0 atom stereocenters. The highest BCUT2D eigenvalue weighted by Gasteiger charge is 2.15. The van der Waals surface area contributed by atoms with Gasteiger partial charge in [-0.25, -0.2) is 14.5 Å². The lowest BCUT2D eigenvalue weighted by Gasteiger charge is -2.12. The lowest BCUT2D eigenvalue weighted by molar-refractivity contribution is -0.116. The summed E-state index contributed by atoms with van der Waals surface area (Å²) in [5.41, 5.74) is 3.23. The molecule has 1 N–H and O–H groups in total. The number of nitrogens with zero attached hydrogens (tertiary/aromatic N) is 6. The highest BCUT2D eigenvalue weighted by molar-refractivity contribution is 5.92. The number of fused-ring (bicyclic) bond motifs is 1. The van der Waals surface area contributed by atoms with Gasteiger partial charge < -0.3 is 9.88 Å². The molecule has 166 valence electrons. The zero-order chi connectivity index (χ0) is 23.0. The van der Waals surface area contributed by atoms with Crippen LogP contribution < -0.4 is 16.6 Å². The van der Waals surface area contributed by atoms with Crippen LogP contribution in [0.4, 0.5) is 5.69 Å². The van der Waals surface area contributed by atoms with Gasteiger partial charge in [0.2, 0.25) is 5.91 Å². The maximum atomic E-state index is 12.6. The first-order valence-electron chi connectivity index (χ1n) is 10.3. The van der Waals surface area contributed by atoms with Crippen LogP contribution in [0.15, 0.2) is 46.2 Å². The van der Waals surface area contributed by atoms with E-state index in [9.17, 15) is 14.4 Å². The maximum Gasteiger partial charge on any atom is 0.332 e. The van der Waals surface area contributed by atoms with E-state index in [0.29, 0.717) is 29.8 Å². The number of rotatable bonds is 6. The number of hydrogen-bond donors (Lipinski definition) is 1. The van der Waals surface area contributed by atoms with E-state index >= 15 is 0 Å². The molecule has 0 unspecified atom stereocenters. The molecule has 0 saturated carbocycles. The van der Waals surface area contributed by atoms with Crippen LogP contribution in [-0.4, -0.2) is 34.4 Å². The Morgan fingerprint density at radius 1 is 1.09 bits per heavy atom. The Morgan fingerprint density at radius 3 is 2.56 bits per heavy atom. The number of benzene rings is 1. The molecule has 4 rings (SSSR count). The fourth-order valence-corrected chi connectivity index (χ4v) is 3.83. The minimum Gasteiger partial charge on any atom is -0.325 e. The molecular formula is C22H25N7O3. The molecular weight excluding hydrogens is 410 g/mol. The number of aryl methyl sites for hydroxylation is 4. The van der Waals surface area contributed by atoms with Crippen LogP contribution in [-0.2, 0) is 25.4 Å². The number of carbonyl (C=O) groups excluding carboxylic acids is 1. The summed E-state index contributed by atoms with van der Waals surface area (Å²) in [4.78, 5) is 41.4. The Bertz CT molecular complexity index is 1440. The molecule has 0 aliphatic rings. The molecule has 1 aromatic carbocycles. The monoisotopic (exact) mass is 435 g/mol. The second-order valence-corrected chi connectivity index (χ2v) is 7.82. The van der Waals surface area contributed by atoms with Gasteiger partial charge in [-0.3, -0.25) is 18.7 Å². The molecule has 0 bridgehead atoms. The van der Waals surface area contributed by atoms with E-state index in [1.807, 2.05) is 48.9 Å². The van der Waals surface area contributed by atoms with Crippen molar-refractivity contribution in [2.45, 2.75) is 33.2 Å². The summed E-state index contributed by atoms with van der Waals surface area (Å²) in [6.45, 7) is 4.32. The summed E-state index contributed by atoms with van der Waals surface area (Å²) >= 11 is 0. The molecule has 0 fully saturated rings. The van der Waals surface area contributed by atoms with E-state index in [4.69, 9.17) is 0 Å². The van der Waals surface area contributed by atoms with Crippen molar-refractivity contribution in [2.75, 3.05) is 5.32 Å². The van der Waals surface area contributed by atoms with Crippen LogP contribution in [0.2, 0.25) is 0 Å². The van der Waals surface area contributed by atoms with E-state index in [1.54, 1.807) is 11.6 Å². The summed E-state index contributed by atoms with van der Waals surface area (Å²) in [6.07, 6.45) is 2.30. The Labute approximate surface area is 183 Å². The van der Waals surface area contributed by atoms with Crippen LogP contribution in [0.3, 0.4) is 0 Å². The number of aromatic nitrogens is 6. The molecule has 0 aliphatic carbocycles. The largest absolute Gasteiger partial charge is 0.332 e. The van der Waals surface area contributed by atoms with Gasteiger partial charge >= 0.3 is 5.69 Å².